The molecule has 4 aliphatic rings. The van der Waals surface area contributed by atoms with Crippen molar-refractivity contribution < 1.29 is 23.9 Å². The number of rotatable bonds is 6. The van der Waals surface area contributed by atoms with Crippen LogP contribution in [0.15, 0.2) is 12.1 Å². The Hall–Kier alpha value is -2.51. The van der Waals surface area contributed by atoms with E-state index in [4.69, 9.17) is 14.2 Å². The molecule has 28 heavy (non-hydrogen) atoms. The quantitative estimate of drug-likeness (QED) is 0.586. The highest BCUT2D eigenvalue weighted by Gasteiger charge is 2.51. The van der Waals surface area contributed by atoms with Crippen LogP contribution in [0.2, 0.25) is 0 Å². The van der Waals surface area contributed by atoms with Crippen molar-refractivity contribution in [1.82, 2.24) is 5.32 Å². The summed E-state index contributed by atoms with van der Waals surface area (Å²) in [7, 11) is 2.87. The molecule has 0 aliphatic heterocycles. The van der Waals surface area contributed by atoms with Crippen molar-refractivity contribution in [3.8, 4) is 11.5 Å². The van der Waals surface area contributed by atoms with Gasteiger partial charge in [0.25, 0.3) is 5.69 Å². The molecule has 0 atom stereocenters. The van der Waals surface area contributed by atoms with Crippen LogP contribution in [-0.4, -0.2) is 30.8 Å². The van der Waals surface area contributed by atoms with Crippen molar-refractivity contribution in [1.29, 1.82) is 0 Å². The van der Waals surface area contributed by atoms with E-state index >= 15 is 0 Å². The van der Waals surface area contributed by atoms with Gasteiger partial charge in [0.05, 0.1) is 30.8 Å². The SMILES string of the molecule is COc1cc(COC(=O)NC23CC4CC(CC(C4)C2)C3)c([N+](=O)[O-])cc1OC. The number of nitrogens with zero attached hydrogens (tertiary/aromatic N) is 1. The molecule has 0 radical (unpaired) electrons. The Morgan fingerprint density at radius 3 is 2.14 bits per heavy atom. The first kappa shape index (κ1) is 18.8. The van der Waals surface area contributed by atoms with Gasteiger partial charge in [-0.15, -0.1) is 0 Å². The molecular weight excluding hydrogens is 364 g/mol. The molecule has 5 rings (SSSR count). The number of carbonyl (C=O) groups is 1. The number of nitrogens with one attached hydrogen (secondary N) is 1. The van der Waals surface area contributed by atoms with Gasteiger partial charge in [-0.2, -0.15) is 0 Å². The van der Waals surface area contributed by atoms with Gasteiger partial charge in [0, 0.05) is 5.54 Å². The number of nitro benzene ring substituents is 1. The molecular formula is C20H26N2O6. The van der Waals surface area contributed by atoms with Crippen molar-refractivity contribution in [2.45, 2.75) is 50.7 Å². The molecule has 1 aromatic carbocycles. The van der Waals surface area contributed by atoms with E-state index in [-0.39, 0.29) is 29.1 Å². The molecule has 0 unspecified atom stereocenters. The maximum Gasteiger partial charge on any atom is 0.407 e. The predicted octanol–water partition coefficient (Wildman–Crippen LogP) is 3.81. The van der Waals surface area contributed by atoms with Gasteiger partial charge in [0.15, 0.2) is 11.5 Å². The lowest BCUT2D eigenvalue weighted by molar-refractivity contribution is -0.385. The lowest BCUT2D eigenvalue weighted by Gasteiger charge is -2.56. The predicted molar refractivity (Wildman–Crippen MR) is 100 cm³/mol. The topological polar surface area (TPSA) is 99.9 Å². The number of ether oxygens (including phenoxy) is 3. The van der Waals surface area contributed by atoms with Crippen LogP contribution in [0, 0.1) is 27.9 Å². The summed E-state index contributed by atoms with van der Waals surface area (Å²) in [5, 5.41) is 14.5. The molecule has 1 aromatic rings. The van der Waals surface area contributed by atoms with Crippen molar-refractivity contribution >= 4 is 11.8 Å². The van der Waals surface area contributed by atoms with Crippen LogP contribution in [0.5, 0.6) is 11.5 Å². The van der Waals surface area contributed by atoms with E-state index < -0.39 is 11.0 Å². The maximum atomic E-state index is 12.5. The highest BCUT2D eigenvalue weighted by Crippen LogP contribution is 2.55. The Morgan fingerprint density at radius 2 is 1.64 bits per heavy atom. The zero-order valence-corrected chi connectivity index (χ0v) is 16.2. The second kappa shape index (κ2) is 7.14. The lowest BCUT2D eigenvalue weighted by Crippen LogP contribution is -2.59. The summed E-state index contributed by atoms with van der Waals surface area (Å²) in [5.41, 5.74) is -0.0569. The molecule has 4 aliphatic carbocycles. The molecule has 4 saturated carbocycles. The van der Waals surface area contributed by atoms with E-state index in [1.54, 1.807) is 0 Å². The van der Waals surface area contributed by atoms with Gasteiger partial charge in [0.2, 0.25) is 0 Å². The van der Waals surface area contributed by atoms with Crippen LogP contribution in [0.1, 0.15) is 44.1 Å². The fraction of sp³-hybridized carbons (Fsp3) is 0.650. The largest absolute Gasteiger partial charge is 0.493 e. The minimum absolute atomic E-state index is 0.157. The summed E-state index contributed by atoms with van der Waals surface area (Å²) < 4.78 is 15.7. The van der Waals surface area contributed by atoms with Crippen LogP contribution in [0.25, 0.3) is 0 Å². The molecule has 0 saturated heterocycles. The fourth-order valence-corrected chi connectivity index (χ4v) is 5.86. The minimum Gasteiger partial charge on any atom is -0.493 e. The maximum absolute atomic E-state index is 12.5. The molecule has 4 fully saturated rings. The molecule has 1 amide bonds. The number of methoxy groups -OCH3 is 2. The monoisotopic (exact) mass is 390 g/mol. The van der Waals surface area contributed by atoms with Crippen LogP contribution in [0.4, 0.5) is 10.5 Å². The van der Waals surface area contributed by atoms with Crippen molar-refractivity contribution in [2.75, 3.05) is 14.2 Å². The summed E-state index contributed by atoms with van der Waals surface area (Å²) >= 11 is 0. The molecule has 1 N–H and O–H groups in total. The van der Waals surface area contributed by atoms with E-state index in [1.165, 1.54) is 45.6 Å². The summed E-state index contributed by atoms with van der Waals surface area (Å²) in [6, 6.07) is 2.77. The summed E-state index contributed by atoms with van der Waals surface area (Å²) in [6.45, 7) is -0.200. The van der Waals surface area contributed by atoms with Crippen LogP contribution < -0.4 is 14.8 Å². The van der Waals surface area contributed by atoms with E-state index in [9.17, 15) is 14.9 Å². The average molecular weight is 390 g/mol. The number of hydrogen-bond acceptors (Lipinski definition) is 6. The van der Waals surface area contributed by atoms with Crippen molar-refractivity contribution in [3.05, 3.63) is 27.8 Å². The molecule has 0 spiro atoms. The molecule has 0 heterocycles. The van der Waals surface area contributed by atoms with Crippen LogP contribution >= 0.6 is 0 Å². The zero-order chi connectivity index (χ0) is 19.9. The van der Waals surface area contributed by atoms with Gasteiger partial charge in [0.1, 0.15) is 6.61 Å². The normalized spacial score (nSPS) is 30.0. The van der Waals surface area contributed by atoms with Crippen molar-refractivity contribution in [3.63, 3.8) is 0 Å². The first-order valence-corrected chi connectivity index (χ1v) is 9.75. The first-order valence-electron chi connectivity index (χ1n) is 9.75. The number of benzene rings is 1. The second-order valence-electron chi connectivity index (χ2n) is 8.49. The standard InChI is InChI=1S/C20H26N2O6/c1-26-17-6-15(16(22(24)25)7-18(17)27-2)11-28-19(23)21-20-8-12-3-13(9-20)5-14(4-12)10-20/h6-7,12-14H,3-5,8-11H2,1-2H3,(H,21,23). The van der Waals surface area contributed by atoms with Gasteiger partial charge in [-0.1, -0.05) is 0 Å². The highest BCUT2D eigenvalue weighted by atomic mass is 16.6. The number of hydrogen-bond donors (Lipinski definition) is 1. The lowest BCUT2D eigenvalue weighted by atomic mass is 9.53. The molecule has 4 bridgehead atoms. The van der Waals surface area contributed by atoms with Gasteiger partial charge in [-0.25, -0.2) is 4.79 Å². The van der Waals surface area contributed by atoms with Gasteiger partial charge in [-0.05, 0) is 62.3 Å². The second-order valence-corrected chi connectivity index (χ2v) is 8.49. The zero-order valence-electron chi connectivity index (χ0n) is 16.2. The Kier molecular flexibility index (Phi) is 4.81. The molecule has 8 heteroatoms. The summed E-state index contributed by atoms with van der Waals surface area (Å²) in [4.78, 5) is 23.4. The molecule has 152 valence electrons. The Morgan fingerprint density at radius 1 is 1.11 bits per heavy atom. The number of nitro groups is 1. The van der Waals surface area contributed by atoms with E-state index in [2.05, 4.69) is 5.32 Å². The van der Waals surface area contributed by atoms with Crippen LogP contribution in [-0.2, 0) is 11.3 Å². The molecule has 8 nitrogen and oxygen atoms in total. The molecule has 0 aromatic heterocycles. The number of carbonyl (C=O) groups excluding carboxylic acids is 1. The third-order valence-corrected chi connectivity index (χ3v) is 6.55. The van der Waals surface area contributed by atoms with Gasteiger partial charge >= 0.3 is 6.09 Å². The Bertz CT molecular complexity index is 758. The average Bonchev–Trinajstić information content (AvgIpc) is 2.63. The number of alkyl carbamates (subject to hydrolysis) is 1. The van der Waals surface area contributed by atoms with Crippen molar-refractivity contribution in [2.24, 2.45) is 17.8 Å². The first-order chi connectivity index (χ1) is 13.4. The van der Waals surface area contributed by atoms with E-state index in [0.717, 1.165) is 19.3 Å². The van der Waals surface area contributed by atoms with Crippen LogP contribution in [0.3, 0.4) is 0 Å². The third-order valence-electron chi connectivity index (χ3n) is 6.55. The Balaban J connectivity index is 1.44. The summed E-state index contributed by atoms with van der Waals surface area (Å²) in [6.07, 6.45) is 6.40. The van der Waals surface area contributed by atoms with E-state index in [0.29, 0.717) is 23.5 Å². The van der Waals surface area contributed by atoms with E-state index in [1.807, 2.05) is 0 Å². The van der Waals surface area contributed by atoms with Gasteiger partial charge in [-0.3, -0.25) is 10.1 Å². The smallest absolute Gasteiger partial charge is 0.407 e. The highest BCUT2D eigenvalue weighted by molar-refractivity contribution is 5.69. The summed E-state index contributed by atoms with van der Waals surface area (Å²) in [5.74, 6) is 2.74. The Labute approximate surface area is 163 Å². The third kappa shape index (κ3) is 3.47. The fourth-order valence-electron chi connectivity index (χ4n) is 5.86. The number of amides is 1. The van der Waals surface area contributed by atoms with Gasteiger partial charge < -0.3 is 19.5 Å². The minimum atomic E-state index is -0.516.